The van der Waals surface area contributed by atoms with E-state index in [1.807, 2.05) is 0 Å². The first-order valence-electron chi connectivity index (χ1n) is 13.9. The lowest BCUT2D eigenvalue weighted by Crippen LogP contribution is -2.25. The van der Waals surface area contributed by atoms with Crippen molar-refractivity contribution < 1.29 is 13.5 Å². The minimum atomic E-state index is -0.792. The van der Waals surface area contributed by atoms with Crippen LogP contribution in [0.3, 0.4) is 0 Å². The summed E-state index contributed by atoms with van der Waals surface area (Å²) >= 11 is 0. The maximum atomic E-state index is 14.9. The normalized spacial score (nSPS) is 26.1. The summed E-state index contributed by atoms with van der Waals surface area (Å²) in [6, 6.07) is 3.44. The minimum absolute atomic E-state index is 0.0756. The quantitative estimate of drug-likeness (QED) is 0.223. The molecular formula is C30H46F2O. The van der Waals surface area contributed by atoms with Crippen molar-refractivity contribution in [3.8, 4) is 5.75 Å². The number of allylic oxidation sites excluding steroid dienone is 2. The summed E-state index contributed by atoms with van der Waals surface area (Å²) in [5, 5.41) is 0. The van der Waals surface area contributed by atoms with E-state index in [4.69, 9.17) is 4.74 Å². The highest BCUT2D eigenvalue weighted by Crippen LogP contribution is 2.45. The Morgan fingerprint density at radius 3 is 2.18 bits per heavy atom. The molecule has 0 bridgehead atoms. The fourth-order valence-electron chi connectivity index (χ4n) is 6.21. The van der Waals surface area contributed by atoms with Crippen LogP contribution in [0.25, 0.3) is 0 Å². The third-order valence-electron chi connectivity index (χ3n) is 8.33. The zero-order chi connectivity index (χ0) is 23.5. The Morgan fingerprint density at radius 2 is 1.52 bits per heavy atom. The molecule has 2 saturated carbocycles. The van der Waals surface area contributed by atoms with Crippen LogP contribution in [-0.2, 0) is 0 Å². The molecule has 0 unspecified atom stereocenters. The molecule has 186 valence electrons. The van der Waals surface area contributed by atoms with Crippen LogP contribution < -0.4 is 4.74 Å². The molecule has 0 saturated heterocycles. The lowest BCUT2D eigenvalue weighted by molar-refractivity contribution is 0.156. The maximum absolute atomic E-state index is 14.9. The first-order valence-corrected chi connectivity index (χ1v) is 13.9. The van der Waals surface area contributed by atoms with E-state index in [0.717, 1.165) is 56.3 Å². The number of rotatable bonds is 12. The standard InChI is InChI=1S/C30H46F2O/c1-3-5-7-8-10-22-33-28-21-20-27(29(31)30(28)32)26-18-16-25(17-19-26)24-14-12-23(13-15-24)11-9-6-4-2/h4,6,20-21,23-26H,3,5,7-19,22H2,1-2H3/b6-4+. The number of ether oxygens (including phenoxy) is 1. The third kappa shape index (κ3) is 7.82. The van der Waals surface area contributed by atoms with E-state index in [9.17, 15) is 8.78 Å². The molecule has 0 atom stereocenters. The number of hydrogen-bond donors (Lipinski definition) is 0. The van der Waals surface area contributed by atoms with Gasteiger partial charge in [-0.05, 0) is 100 Å². The van der Waals surface area contributed by atoms with Crippen molar-refractivity contribution in [1.29, 1.82) is 0 Å². The van der Waals surface area contributed by atoms with Gasteiger partial charge in [0.25, 0.3) is 0 Å². The molecule has 0 spiro atoms. The van der Waals surface area contributed by atoms with E-state index in [-0.39, 0.29) is 11.7 Å². The summed E-state index contributed by atoms with van der Waals surface area (Å²) in [4.78, 5) is 0. The van der Waals surface area contributed by atoms with Crippen molar-refractivity contribution >= 4 is 0 Å². The highest BCUT2D eigenvalue weighted by molar-refractivity contribution is 5.33. The maximum Gasteiger partial charge on any atom is 0.200 e. The summed E-state index contributed by atoms with van der Waals surface area (Å²) < 4.78 is 35.1. The monoisotopic (exact) mass is 460 g/mol. The number of benzene rings is 1. The van der Waals surface area contributed by atoms with Gasteiger partial charge in [0.2, 0.25) is 5.82 Å². The zero-order valence-electron chi connectivity index (χ0n) is 21.1. The molecule has 0 amide bonds. The smallest absolute Gasteiger partial charge is 0.200 e. The Morgan fingerprint density at radius 1 is 0.848 bits per heavy atom. The van der Waals surface area contributed by atoms with E-state index in [2.05, 4.69) is 26.0 Å². The molecule has 0 radical (unpaired) electrons. The van der Waals surface area contributed by atoms with E-state index in [1.165, 1.54) is 57.8 Å². The number of unbranched alkanes of at least 4 members (excludes halogenated alkanes) is 4. The second-order valence-corrected chi connectivity index (χ2v) is 10.6. The van der Waals surface area contributed by atoms with E-state index in [1.54, 1.807) is 12.1 Å². The van der Waals surface area contributed by atoms with Gasteiger partial charge in [-0.1, -0.05) is 63.7 Å². The molecule has 1 aromatic carbocycles. The van der Waals surface area contributed by atoms with Gasteiger partial charge in [-0.3, -0.25) is 0 Å². The fourth-order valence-corrected chi connectivity index (χ4v) is 6.21. The molecule has 1 aromatic rings. The summed E-state index contributed by atoms with van der Waals surface area (Å²) in [6.45, 7) is 4.75. The van der Waals surface area contributed by atoms with Gasteiger partial charge in [0.1, 0.15) is 0 Å². The molecule has 2 aliphatic rings. The van der Waals surface area contributed by atoms with Crippen molar-refractivity contribution in [2.75, 3.05) is 6.61 Å². The van der Waals surface area contributed by atoms with Crippen LogP contribution in [0.15, 0.2) is 24.3 Å². The molecule has 0 aliphatic heterocycles. The van der Waals surface area contributed by atoms with Crippen molar-refractivity contribution in [3.63, 3.8) is 0 Å². The molecule has 3 rings (SSSR count). The van der Waals surface area contributed by atoms with Gasteiger partial charge in [-0.15, -0.1) is 0 Å². The van der Waals surface area contributed by atoms with Crippen molar-refractivity contribution in [1.82, 2.24) is 0 Å². The Hall–Kier alpha value is -1.38. The largest absolute Gasteiger partial charge is 0.490 e. The Bertz CT molecular complexity index is 712. The minimum Gasteiger partial charge on any atom is -0.490 e. The predicted octanol–water partition coefficient (Wildman–Crippen LogP) is 9.75. The van der Waals surface area contributed by atoms with E-state index >= 15 is 0 Å². The summed E-state index contributed by atoms with van der Waals surface area (Å²) in [7, 11) is 0. The Balaban J connectivity index is 1.43. The second-order valence-electron chi connectivity index (χ2n) is 10.6. The van der Waals surface area contributed by atoms with Crippen molar-refractivity contribution in [2.24, 2.45) is 17.8 Å². The van der Waals surface area contributed by atoms with Gasteiger partial charge in [0, 0.05) is 0 Å². The molecule has 2 aliphatic carbocycles. The molecule has 0 aromatic heterocycles. The fraction of sp³-hybridized carbons (Fsp3) is 0.733. The zero-order valence-corrected chi connectivity index (χ0v) is 21.1. The van der Waals surface area contributed by atoms with E-state index in [0.29, 0.717) is 12.2 Å². The van der Waals surface area contributed by atoms with Gasteiger partial charge in [0.05, 0.1) is 6.61 Å². The molecule has 2 fully saturated rings. The lowest BCUT2D eigenvalue weighted by Gasteiger charge is -2.38. The first kappa shape index (κ1) is 26.2. The second kappa shape index (κ2) is 14.1. The topological polar surface area (TPSA) is 9.23 Å². The molecule has 1 nitrogen and oxygen atoms in total. The van der Waals surface area contributed by atoms with Gasteiger partial charge < -0.3 is 4.74 Å². The van der Waals surface area contributed by atoms with Gasteiger partial charge >= 0.3 is 0 Å². The number of hydrogen-bond acceptors (Lipinski definition) is 1. The van der Waals surface area contributed by atoms with Gasteiger partial charge in [-0.25, -0.2) is 4.39 Å². The lowest BCUT2D eigenvalue weighted by atomic mass is 9.68. The summed E-state index contributed by atoms with van der Waals surface area (Å²) in [5.74, 6) is 1.29. The average Bonchev–Trinajstić information content (AvgIpc) is 2.85. The highest BCUT2D eigenvalue weighted by Gasteiger charge is 2.32. The Labute approximate surface area is 201 Å². The SMILES string of the molecule is C/C=C/CCC1CCC(C2CCC(c3ccc(OCCCCCCC)c(F)c3F)CC2)CC1. The van der Waals surface area contributed by atoms with Crippen LogP contribution in [0.5, 0.6) is 5.75 Å². The summed E-state index contributed by atoms with van der Waals surface area (Å²) in [5.41, 5.74) is 0.564. The molecule has 0 heterocycles. The molecule has 0 N–H and O–H groups in total. The first-order chi connectivity index (χ1) is 16.1. The van der Waals surface area contributed by atoms with Crippen LogP contribution in [0, 0.1) is 29.4 Å². The van der Waals surface area contributed by atoms with Gasteiger partial charge in [-0.2, -0.15) is 4.39 Å². The highest BCUT2D eigenvalue weighted by atomic mass is 19.2. The van der Waals surface area contributed by atoms with Gasteiger partial charge in [0.15, 0.2) is 11.6 Å². The van der Waals surface area contributed by atoms with Crippen molar-refractivity contribution in [2.45, 2.75) is 116 Å². The van der Waals surface area contributed by atoms with E-state index < -0.39 is 11.6 Å². The van der Waals surface area contributed by atoms with Crippen molar-refractivity contribution in [3.05, 3.63) is 41.5 Å². The van der Waals surface area contributed by atoms with Crippen LogP contribution in [0.2, 0.25) is 0 Å². The predicted molar refractivity (Wildman–Crippen MR) is 135 cm³/mol. The van der Waals surface area contributed by atoms with Crippen LogP contribution in [0.1, 0.15) is 122 Å². The number of halogens is 2. The molecule has 3 heteroatoms. The molecule has 33 heavy (non-hydrogen) atoms. The summed E-state index contributed by atoms with van der Waals surface area (Å²) in [6.07, 6.45) is 22.4. The third-order valence-corrected chi connectivity index (χ3v) is 8.33. The van der Waals surface area contributed by atoms with Crippen LogP contribution >= 0.6 is 0 Å². The molecular weight excluding hydrogens is 414 g/mol. The Kier molecular flexibility index (Phi) is 11.2. The average molecular weight is 461 g/mol. The van der Waals surface area contributed by atoms with Crippen LogP contribution in [-0.4, -0.2) is 6.61 Å². The van der Waals surface area contributed by atoms with Crippen LogP contribution in [0.4, 0.5) is 8.78 Å².